The Bertz CT molecular complexity index is 540. The number of benzene rings is 1. The highest BCUT2D eigenvalue weighted by molar-refractivity contribution is 9.10. The van der Waals surface area contributed by atoms with Crippen molar-refractivity contribution in [2.75, 3.05) is 5.32 Å². The highest BCUT2D eigenvalue weighted by Gasteiger charge is 2.21. The fraction of sp³-hybridized carbons (Fsp3) is 0.467. The fourth-order valence-electron chi connectivity index (χ4n) is 2.57. The molecule has 6 heteroatoms. The summed E-state index contributed by atoms with van der Waals surface area (Å²) in [6, 6.07) is 4.59. The van der Waals surface area contributed by atoms with Crippen LogP contribution in [0, 0.1) is 5.92 Å². The van der Waals surface area contributed by atoms with Gasteiger partial charge in [0.25, 0.3) is 0 Å². The van der Waals surface area contributed by atoms with Gasteiger partial charge in [0.15, 0.2) is 0 Å². The molecular formula is C15H19BrN2O3. The predicted molar refractivity (Wildman–Crippen MR) is 84.7 cm³/mol. The number of hydrogen-bond donors (Lipinski definition) is 3. The van der Waals surface area contributed by atoms with Gasteiger partial charge in [-0.25, -0.2) is 9.59 Å². The van der Waals surface area contributed by atoms with Gasteiger partial charge in [0, 0.05) is 10.5 Å². The molecule has 0 radical (unpaired) electrons. The van der Waals surface area contributed by atoms with Crippen molar-refractivity contribution in [1.29, 1.82) is 0 Å². The summed E-state index contributed by atoms with van der Waals surface area (Å²) in [7, 11) is 0. The summed E-state index contributed by atoms with van der Waals surface area (Å²) in [5.41, 5.74) is 0.350. The summed E-state index contributed by atoms with van der Waals surface area (Å²) in [6.45, 7) is 2.22. The van der Waals surface area contributed by atoms with Crippen molar-refractivity contribution in [2.45, 2.75) is 38.6 Å². The number of para-hydroxylation sites is 1. The summed E-state index contributed by atoms with van der Waals surface area (Å²) in [6.07, 6.45) is 4.16. The van der Waals surface area contributed by atoms with Gasteiger partial charge in [-0.2, -0.15) is 0 Å². The summed E-state index contributed by atoms with van der Waals surface area (Å²) in [5, 5.41) is 14.7. The number of aromatic carboxylic acids is 1. The quantitative estimate of drug-likeness (QED) is 0.771. The number of hydrogen-bond acceptors (Lipinski definition) is 2. The molecule has 0 heterocycles. The first-order valence-electron chi connectivity index (χ1n) is 7.06. The number of halogens is 1. The molecule has 1 aliphatic rings. The molecule has 0 aromatic heterocycles. The van der Waals surface area contributed by atoms with Gasteiger partial charge in [0.2, 0.25) is 0 Å². The van der Waals surface area contributed by atoms with Crippen molar-refractivity contribution >= 4 is 33.6 Å². The fourth-order valence-corrected chi connectivity index (χ4v) is 3.03. The molecule has 0 spiro atoms. The van der Waals surface area contributed by atoms with Crippen LogP contribution in [-0.2, 0) is 0 Å². The van der Waals surface area contributed by atoms with Crippen molar-refractivity contribution < 1.29 is 14.7 Å². The molecule has 114 valence electrons. The highest BCUT2D eigenvalue weighted by Crippen LogP contribution is 2.27. The van der Waals surface area contributed by atoms with Gasteiger partial charge in [0.1, 0.15) is 0 Å². The maximum absolute atomic E-state index is 12.1. The number of rotatable bonds is 3. The minimum absolute atomic E-state index is 0.0665. The molecule has 2 rings (SSSR count). The van der Waals surface area contributed by atoms with E-state index < -0.39 is 5.97 Å². The lowest BCUT2D eigenvalue weighted by Gasteiger charge is -2.27. The Morgan fingerprint density at radius 2 is 1.90 bits per heavy atom. The molecule has 0 saturated heterocycles. The van der Waals surface area contributed by atoms with Crippen molar-refractivity contribution in [3.05, 3.63) is 28.2 Å². The number of carbonyl (C=O) groups excluding carboxylic acids is 1. The molecular weight excluding hydrogens is 336 g/mol. The van der Waals surface area contributed by atoms with Gasteiger partial charge in [-0.15, -0.1) is 0 Å². The first-order valence-corrected chi connectivity index (χ1v) is 7.86. The van der Waals surface area contributed by atoms with E-state index in [9.17, 15) is 9.59 Å². The number of carboxylic acid groups (broad SMARTS) is 1. The van der Waals surface area contributed by atoms with Crippen LogP contribution in [0.5, 0.6) is 0 Å². The zero-order valence-electron chi connectivity index (χ0n) is 11.9. The molecule has 0 bridgehead atoms. The van der Waals surface area contributed by atoms with E-state index in [-0.39, 0.29) is 23.3 Å². The maximum Gasteiger partial charge on any atom is 0.337 e. The molecule has 1 fully saturated rings. The van der Waals surface area contributed by atoms with E-state index in [1.54, 1.807) is 12.1 Å². The van der Waals surface area contributed by atoms with Crippen LogP contribution in [0.3, 0.4) is 0 Å². The minimum atomic E-state index is -1.07. The van der Waals surface area contributed by atoms with Gasteiger partial charge in [-0.1, -0.05) is 13.0 Å². The first kappa shape index (κ1) is 15.8. The Morgan fingerprint density at radius 3 is 2.52 bits per heavy atom. The van der Waals surface area contributed by atoms with Gasteiger partial charge in [-0.3, -0.25) is 0 Å². The standard InChI is InChI=1S/C15H19BrN2O3/c1-9-5-7-10(8-6-9)17-15(21)18-13-11(14(19)20)3-2-4-12(13)16/h2-4,9-10H,5-8H2,1H3,(H,19,20)(H2,17,18,21). The van der Waals surface area contributed by atoms with Crippen LogP contribution in [0.2, 0.25) is 0 Å². The predicted octanol–water partition coefficient (Wildman–Crippen LogP) is 3.85. The third kappa shape index (κ3) is 4.20. The minimum Gasteiger partial charge on any atom is -0.478 e. The van der Waals surface area contributed by atoms with Crippen molar-refractivity contribution in [3.63, 3.8) is 0 Å². The molecule has 1 saturated carbocycles. The van der Waals surface area contributed by atoms with Gasteiger partial charge >= 0.3 is 12.0 Å². The lowest BCUT2D eigenvalue weighted by atomic mass is 9.87. The van der Waals surface area contributed by atoms with Crippen LogP contribution in [0.1, 0.15) is 43.0 Å². The number of nitrogens with one attached hydrogen (secondary N) is 2. The van der Waals surface area contributed by atoms with E-state index in [0.717, 1.165) is 25.7 Å². The van der Waals surface area contributed by atoms with E-state index in [2.05, 4.69) is 33.5 Å². The second kappa shape index (κ2) is 6.93. The number of carboxylic acids is 1. The zero-order chi connectivity index (χ0) is 15.4. The Labute approximate surface area is 132 Å². The van der Waals surface area contributed by atoms with E-state index >= 15 is 0 Å². The molecule has 1 aromatic rings. The maximum atomic E-state index is 12.1. The second-order valence-electron chi connectivity index (χ2n) is 5.52. The van der Waals surface area contributed by atoms with Crippen molar-refractivity contribution in [3.8, 4) is 0 Å². The van der Waals surface area contributed by atoms with Crippen LogP contribution >= 0.6 is 15.9 Å². The lowest BCUT2D eigenvalue weighted by Crippen LogP contribution is -2.40. The number of carbonyl (C=O) groups is 2. The topological polar surface area (TPSA) is 78.4 Å². The lowest BCUT2D eigenvalue weighted by molar-refractivity contribution is 0.0698. The summed E-state index contributed by atoms with van der Waals surface area (Å²) < 4.78 is 0.551. The van der Waals surface area contributed by atoms with Crippen LogP contribution < -0.4 is 10.6 Å². The van der Waals surface area contributed by atoms with E-state index in [1.165, 1.54) is 6.07 Å². The van der Waals surface area contributed by atoms with Crippen LogP contribution in [0.4, 0.5) is 10.5 Å². The van der Waals surface area contributed by atoms with E-state index in [0.29, 0.717) is 10.4 Å². The molecule has 21 heavy (non-hydrogen) atoms. The van der Waals surface area contributed by atoms with Crippen LogP contribution in [-0.4, -0.2) is 23.1 Å². The third-order valence-electron chi connectivity index (χ3n) is 3.83. The molecule has 0 atom stereocenters. The number of amides is 2. The van der Waals surface area contributed by atoms with E-state index in [4.69, 9.17) is 5.11 Å². The first-order chi connectivity index (χ1) is 9.97. The molecule has 0 aliphatic heterocycles. The highest BCUT2D eigenvalue weighted by atomic mass is 79.9. The molecule has 2 amide bonds. The van der Waals surface area contributed by atoms with Crippen LogP contribution in [0.25, 0.3) is 0 Å². The summed E-state index contributed by atoms with van der Waals surface area (Å²) >= 11 is 3.27. The Kier molecular flexibility index (Phi) is 5.22. The molecule has 3 N–H and O–H groups in total. The van der Waals surface area contributed by atoms with Crippen molar-refractivity contribution in [1.82, 2.24) is 5.32 Å². The SMILES string of the molecule is CC1CCC(NC(=O)Nc2c(Br)cccc2C(=O)O)CC1. The zero-order valence-corrected chi connectivity index (χ0v) is 13.4. The summed E-state index contributed by atoms with van der Waals surface area (Å²) in [4.78, 5) is 23.2. The largest absolute Gasteiger partial charge is 0.478 e. The van der Waals surface area contributed by atoms with Gasteiger partial charge < -0.3 is 15.7 Å². The number of urea groups is 1. The van der Waals surface area contributed by atoms with Gasteiger partial charge in [0.05, 0.1) is 11.3 Å². The monoisotopic (exact) mass is 354 g/mol. The normalized spacial score (nSPS) is 21.6. The van der Waals surface area contributed by atoms with Crippen LogP contribution in [0.15, 0.2) is 22.7 Å². The Balaban J connectivity index is 2.01. The van der Waals surface area contributed by atoms with E-state index in [1.807, 2.05) is 0 Å². The Hall–Kier alpha value is -1.56. The molecule has 0 unspecified atom stereocenters. The number of anilines is 1. The average molecular weight is 355 g/mol. The van der Waals surface area contributed by atoms with Crippen molar-refractivity contribution in [2.24, 2.45) is 5.92 Å². The summed E-state index contributed by atoms with van der Waals surface area (Å²) in [5.74, 6) is -0.355. The average Bonchev–Trinajstić information content (AvgIpc) is 2.43. The molecule has 5 nitrogen and oxygen atoms in total. The smallest absolute Gasteiger partial charge is 0.337 e. The molecule has 1 aliphatic carbocycles. The van der Waals surface area contributed by atoms with Gasteiger partial charge in [-0.05, 0) is 59.7 Å². The molecule has 1 aromatic carbocycles. The Morgan fingerprint density at radius 1 is 1.24 bits per heavy atom. The second-order valence-corrected chi connectivity index (χ2v) is 6.38. The third-order valence-corrected chi connectivity index (χ3v) is 4.49.